The molecule has 0 aliphatic heterocycles. The van der Waals surface area contributed by atoms with E-state index >= 15 is 0 Å². The molecule has 2 aromatic carbocycles. The first-order chi connectivity index (χ1) is 12.2. The Morgan fingerprint density at radius 2 is 1.62 bits per heavy atom. The molecule has 0 atom stereocenters. The molecule has 0 aliphatic rings. The van der Waals surface area contributed by atoms with Crippen LogP contribution in [0.25, 0.3) is 0 Å². The van der Waals surface area contributed by atoms with Crippen molar-refractivity contribution in [3.05, 3.63) is 53.1 Å². The Kier molecular flexibility index (Phi) is 6.67. The summed E-state index contributed by atoms with van der Waals surface area (Å²) in [6.45, 7) is 4.10. The molecule has 0 aromatic heterocycles. The zero-order valence-corrected chi connectivity index (χ0v) is 17.0. The number of sulfonamides is 1. The Hall–Kier alpha value is -2.05. The fraction of sp³-hybridized carbons (Fsp3) is 0.400. The first kappa shape index (κ1) is 20.3. The molecule has 0 heterocycles. The minimum atomic E-state index is -3.51. The maximum absolute atomic E-state index is 12.5. The summed E-state index contributed by atoms with van der Waals surface area (Å²) in [5, 5.41) is 0. The summed E-state index contributed by atoms with van der Waals surface area (Å²) in [5.41, 5.74) is 3.98. The standard InChI is InChI=1S/C20H28N2O3S/c1-15-13-19(14-16(2)20(15)25-5)26(23,24)21-12-6-7-17-8-10-18(11-9-17)22(3)4/h8-11,13-14,21H,6-7,12H2,1-5H3. The average molecular weight is 377 g/mol. The van der Waals surface area contributed by atoms with Gasteiger partial charge in [0.2, 0.25) is 10.0 Å². The number of methoxy groups -OCH3 is 1. The first-order valence-corrected chi connectivity index (χ1v) is 10.1. The molecule has 0 saturated carbocycles. The van der Waals surface area contributed by atoms with Gasteiger partial charge in [-0.15, -0.1) is 0 Å². The highest BCUT2D eigenvalue weighted by Crippen LogP contribution is 2.26. The van der Waals surface area contributed by atoms with E-state index in [9.17, 15) is 8.42 Å². The van der Waals surface area contributed by atoms with Crippen molar-refractivity contribution in [3.63, 3.8) is 0 Å². The number of rotatable bonds is 8. The lowest BCUT2D eigenvalue weighted by Gasteiger charge is -2.13. The Morgan fingerprint density at radius 1 is 1.04 bits per heavy atom. The summed E-state index contributed by atoms with van der Waals surface area (Å²) >= 11 is 0. The maximum Gasteiger partial charge on any atom is 0.240 e. The number of hydrogen-bond donors (Lipinski definition) is 1. The van der Waals surface area contributed by atoms with Crippen molar-refractivity contribution < 1.29 is 13.2 Å². The fourth-order valence-electron chi connectivity index (χ4n) is 2.93. The molecule has 0 saturated heterocycles. The number of aryl methyl sites for hydroxylation is 3. The van der Waals surface area contributed by atoms with Gasteiger partial charge in [0, 0.05) is 26.3 Å². The lowest BCUT2D eigenvalue weighted by Crippen LogP contribution is -2.25. The summed E-state index contributed by atoms with van der Waals surface area (Å²) in [6, 6.07) is 11.6. The molecular weight excluding hydrogens is 348 g/mol. The first-order valence-electron chi connectivity index (χ1n) is 8.66. The second-order valence-electron chi connectivity index (χ2n) is 6.65. The van der Waals surface area contributed by atoms with Gasteiger partial charge in [-0.25, -0.2) is 13.1 Å². The third-order valence-corrected chi connectivity index (χ3v) is 5.78. The van der Waals surface area contributed by atoms with Crippen molar-refractivity contribution in [2.24, 2.45) is 0 Å². The molecule has 0 unspecified atom stereocenters. The molecule has 0 fully saturated rings. The van der Waals surface area contributed by atoms with Crippen molar-refractivity contribution in [3.8, 4) is 5.75 Å². The van der Waals surface area contributed by atoms with E-state index in [-0.39, 0.29) is 4.90 Å². The van der Waals surface area contributed by atoms with Gasteiger partial charge in [0.25, 0.3) is 0 Å². The maximum atomic E-state index is 12.5. The van der Waals surface area contributed by atoms with E-state index in [2.05, 4.69) is 33.9 Å². The monoisotopic (exact) mass is 376 g/mol. The van der Waals surface area contributed by atoms with E-state index in [4.69, 9.17) is 4.74 Å². The van der Waals surface area contributed by atoms with Gasteiger partial charge < -0.3 is 9.64 Å². The van der Waals surface area contributed by atoms with Gasteiger partial charge >= 0.3 is 0 Å². The van der Waals surface area contributed by atoms with Crippen molar-refractivity contribution in [1.82, 2.24) is 4.72 Å². The molecule has 1 N–H and O–H groups in total. The number of benzene rings is 2. The molecule has 5 nitrogen and oxygen atoms in total. The van der Waals surface area contributed by atoms with E-state index in [1.165, 1.54) is 5.56 Å². The van der Waals surface area contributed by atoms with Crippen LogP contribution in [0.1, 0.15) is 23.1 Å². The van der Waals surface area contributed by atoms with Gasteiger partial charge in [-0.1, -0.05) is 12.1 Å². The fourth-order valence-corrected chi connectivity index (χ4v) is 4.17. The van der Waals surface area contributed by atoms with Crippen LogP contribution < -0.4 is 14.4 Å². The number of ether oxygens (including phenoxy) is 1. The average Bonchev–Trinajstić information content (AvgIpc) is 2.59. The lowest BCUT2D eigenvalue weighted by molar-refractivity contribution is 0.408. The topological polar surface area (TPSA) is 58.6 Å². The Labute approximate surface area is 157 Å². The highest BCUT2D eigenvalue weighted by atomic mass is 32.2. The van der Waals surface area contributed by atoms with Gasteiger partial charge in [-0.2, -0.15) is 0 Å². The molecule has 6 heteroatoms. The van der Waals surface area contributed by atoms with Crippen LogP contribution in [0, 0.1) is 13.8 Å². The third kappa shape index (κ3) is 4.99. The van der Waals surface area contributed by atoms with Crippen LogP contribution >= 0.6 is 0 Å². The zero-order chi connectivity index (χ0) is 19.3. The van der Waals surface area contributed by atoms with E-state index < -0.39 is 10.0 Å². The van der Waals surface area contributed by atoms with Gasteiger partial charge in [0.15, 0.2) is 0 Å². The number of nitrogens with zero attached hydrogens (tertiary/aromatic N) is 1. The van der Waals surface area contributed by atoms with Crippen molar-refractivity contribution >= 4 is 15.7 Å². The van der Waals surface area contributed by atoms with Crippen LogP contribution in [0.15, 0.2) is 41.3 Å². The molecule has 2 aromatic rings. The molecule has 0 radical (unpaired) electrons. The molecule has 0 amide bonds. The van der Waals surface area contributed by atoms with Gasteiger partial charge in [-0.05, 0) is 67.6 Å². The molecule has 0 aliphatic carbocycles. The largest absolute Gasteiger partial charge is 0.496 e. The van der Waals surface area contributed by atoms with Gasteiger partial charge in [-0.3, -0.25) is 0 Å². The van der Waals surface area contributed by atoms with E-state index in [0.29, 0.717) is 6.54 Å². The van der Waals surface area contributed by atoms with Gasteiger partial charge in [0.05, 0.1) is 12.0 Å². The summed E-state index contributed by atoms with van der Waals surface area (Å²) < 4.78 is 33.0. The van der Waals surface area contributed by atoms with Crippen molar-refractivity contribution in [1.29, 1.82) is 0 Å². The Morgan fingerprint density at radius 3 is 2.12 bits per heavy atom. The van der Waals surface area contributed by atoms with Crippen molar-refractivity contribution in [2.75, 3.05) is 32.6 Å². The van der Waals surface area contributed by atoms with Gasteiger partial charge in [0.1, 0.15) is 5.75 Å². The van der Waals surface area contributed by atoms with E-state index in [0.717, 1.165) is 35.4 Å². The third-order valence-electron chi connectivity index (χ3n) is 4.34. The smallest absolute Gasteiger partial charge is 0.240 e. The highest BCUT2D eigenvalue weighted by molar-refractivity contribution is 7.89. The SMILES string of the molecule is COc1c(C)cc(S(=O)(=O)NCCCc2ccc(N(C)C)cc2)cc1C. The van der Waals surface area contributed by atoms with Crippen LogP contribution in [-0.2, 0) is 16.4 Å². The molecule has 26 heavy (non-hydrogen) atoms. The summed E-state index contributed by atoms with van der Waals surface area (Å²) in [6.07, 6.45) is 1.57. The number of anilines is 1. The summed E-state index contributed by atoms with van der Waals surface area (Å²) in [7, 11) is 2.09. The number of hydrogen-bond acceptors (Lipinski definition) is 4. The predicted octanol–water partition coefficient (Wildman–Crippen LogP) is 3.29. The molecule has 0 bridgehead atoms. The van der Waals surface area contributed by atoms with E-state index in [1.807, 2.05) is 27.9 Å². The van der Waals surface area contributed by atoms with Crippen LogP contribution in [0.4, 0.5) is 5.69 Å². The molecule has 2 rings (SSSR count). The Bertz CT molecular complexity index is 821. The lowest BCUT2D eigenvalue weighted by atomic mass is 10.1. The van der Waals surface area contributed by atoms with Crippen LogP contribution in [0.3, 0.4) is 0 Å². The van der Waals surface area contributed by atoms with Crippen molar-refractivity contribution in [2.45, 2.75) is 31.6 Å². The molecular formula is C20H28N2O3S. The molecule has 0 spiro atoms. The minimum Gasteiger partial charge on any atom is -0.496 e. The normalized spacial score (nSPS) is 11.4. The highest BCUT2D eigenvalue weighted by Gasteiger charge is 2.16. The minimum absolute atomic E-state index is 0.281. The summed E-state index contributed by atoms with van der Waals surface area (Å²) in [5.74, 6) is 0.727. The quantitative estimate of drug-likeness (QED) is 0.718. The molecule has 142 valence electrons. The predicted molar refractivity (Wildman–Crippen MR) is 107 cm³/mol. The summed E-state index contributed by atoms with van der Waals surface area (Å²) in [4.78, 5) is 2.33. The van der Waals surface area contributed by atoms with Crippen LogP contribution in [0.5, 0.6) is 5.75 Å². The zero-order valence-electron chi connectivity index (χ0n) is 16.2. The second kappa shape index (κ2) is 8.56. The Balaban J connectivity index is 1.94. The number of nitrogens with one attached hydrogen (secondary N) is 1. The van der Waals surface area contributed by atoms with E-state index in [1.54, 1.807) is 19.2 Å². The van der Waals surface area contributed by atoms with Crippen LogP contribution in [-0.4, -0.2) is 36.2 Å². The second-order valence-corrected chi connectivity index (χ2v) is 8.42. The van der Waals surface area contributed by atoms with Crippen LogP contribution in [0.2, 0.25) is 0 Å².